The lowest BCUT2D eigenvalue weighted by molar-refractivity contribution is 0.220. The maximum absolute atomic E-state index is 10.9. The van der Waals surface area contributed by atoms with Crippen molar-refractivity contribution in [1.29, 1.82) is 0 Å². The fourth-order valence-corrected chi connectivity index (χ4v) is 3.06. The molecule has 1 aliphatic rings. The van der Waals surface area contributed by atoms with Gasteiger partial charge in [0.25, 0.3) is 0 Å². The SMILES string of the molecule is OC(c1ccccc1C1CC1)c1cccc2ncccc12. The van der Waals surface area contributed by atoms with Crippen LogP contribution in [0.3, 0.4) is 0 Å². The van der Waals surface area contributed by atoms with E-state index in [2.05, 4.69) is 17.1 Å². The van der Waals surface area contributed by atoms with Crippen LogP contribution in [0.5, 0.6) is 0 Å². The molecule has 104 valence electrons. The van der Waals surface area contributed by atoms with Crippen LogP contribution in [-0.2, 0) is 0 Å². The Kier molecular flexibility index (Phi) is 2.97. The van der Waals surface area contributed by atoms with E-state index in [9.17, 15) is 5.11 Å². The lowest BCUT2D eigenvalue weighted by Gasteiger charge is -2.17. The van der Waals surface area contributed by atoms with E-state index in [1.807, 2.05) is 42.5 Å². The molecule has 0 radical (unpaired) electrons. The molecule has 1 aromatic heterocycles. The molecule has 1 heterocycles. The Hall–Kier alpha value is -2.19. The van der Waals surface area contributed by atoms with Crippen LogP contribution >= 0.6 is 0 Å². The zero-order valence-electron chi connectivity index (χ0n) is 11.7. The minimum Gasteiger partial charge on any atom is -0.384 e. The number of fused-ring (bicyclic) bond motifs is 1. The summed E-state index contributed by atoms with van der Waals surface area (Å²) in [4.78, 5) is 4.38. The van der Waals surface area contributed by atoms with E-state index >= 15 is 0 Å². The van der Waals surface area contributed by atoms with Crippen molar-refractivity contribution in [3.05, 3.63) is 77.5 Å². The maximum atomic E-state index is 10.9. The van der Waals surface area contributed by atoms with Crippen LogP contribution in [0.2, 0.25) is 0 Å². The number of aliphatic hydroxyl groups is 1. The van der Waals surface area contributed by atoms with Gasteiger partial charge in [-0.2, -0.15) is 0 Å². The molecule has 0 bridgehead atoms. The van der Waals surface area contributed by atoms with Gasteiger partial charge in [-0.3, -0.25) is 4.98 Å². The van der Waals surface area contributed by atoms with Crippen molar-refractivity contribution in [3.8, 4) is 0 Å². The summed E-state index contributed by atoms with van der Waals surface area (Å²) in [6, 6.07) is 18.2. The molecule has 1 atom stereocenters. The molecule has 2 aromatic carbocycles. The summed E-state index contributed by atoms with van der Waals surface area (Å²) in [5.41, 5.74) is 4.20. The summed E-state index contributed by atoms with van der Waals surface area (Å²) in [6.07, 6.45) is 3.67. The Morgan fingerprint density at radius 3 is 2.57 bits per heavy atom. The van der Waals surface area contributed by atoms with E-state index in [0.29, 0.717) is 5.92 Å². The van der Waals surface area contributed by atoms with Crippen molar-refractivity contribution >= 4 is 10.9 Å². The largest absolute Gasteiger partial charge is 0.384 e. The zero-order valence-corrected chi connectivity index (χ0v) is 11.7. The fraction of sp³-hybridized carbons (Fsp3) is 0.211. The summed E-state index contributed by atoms with van der Waals surface area (Å²) in [5, 5.41) is 11.9. The second-order valence-electron chi connectivity index (χ2n) is 5.72. The van der Waals surface area contributed by atoms with E-state index in [0.717, 1.165) is 22.0 Å². The third-order valence-electron chi connectivity index (χ3n) is 4.28. The molecular weight excluding hydrogens is 258 g/mol. The number of hydrogen-bond donors (Lipinski definition) is 1. The molecule has 21 heavy (non-hydrogen) atoms. The van der Waals surface area contributed by atoms with Crippen molar-refractivity contribution in [2.45, 2.75) is 24.9 Å². The number of benzene rings is 2. The first-order chi connectivity index (χ1) is 10.3. The Labute approximate surface area is 124 Å². The number of pyridine rings is 1. The van der Waals surface area contributed by atoms with E-state index in [-0.39, 0.29) is 0 Å². The second kappa shape index (κ2) is 4.97. The molecule has 1 aliphatic carbocycles. The predicted molar refractivity (Wildman–Crippen MR) is 84.2 cm³/mol. The number of nitrogens with zero attached hydrogens (tertiary/aromatic N) is 1. The highest BCUT2D eigenvalue weighted by atomic mass is 16.3. The van der Waals surface area contributed by atoms with Gasteiger partial charge in [-0.25, -0.2) is 0 Å². The average molecular weight is 275 g/mol. The molecule has 2 nitrogen and oxygen atoms in total. The Balaban J connectivity index is 1.85. The van der Waals surface area contributed by atoms with E-state index in [4.69, 9.17) is 0 Å². The number of rotatable bonds is 3. The first-order valence-corrected chi connectivity index (χ1v) is 7.45. The van der Waals surface area contributed by atoms with Crippen molar-refractivity contribution in [1.82, 2.24) is 4.98 Å². The molecule has 0 saturated heterocycles. The van der Waals surface area contributed by atoms with Gasteiger partial charge in [0.2, 0.25) is 0 Å². The minimum atomic E-state index is -0.588. The summed E-state index contributed by atoms with van der Waals surface area (Å²) < 4.78 is 0. The minimum absolute atomic E-state index is 0.588. The van der Waals surface area contributed by atoms with Crippen LogP contribution in [0.15, 0.2) is 60.8 Å². The molecule has 4 rings (SSSR count). The van der Waals surface area contributed by atoms with E-state index in [1.54, 1.807) is 6.20 Å². The quantitative estimate of drug-likeness (QED) is 0.777. The van der Waals surface area contributed by atoms with Crippen LogP contribution < -0.4 is 0 Å². The van der Waals surface area contributed by atoms with Gasteiger partial charge in [-0.05, 0) is 47.6 Å². The molecular formula is C19H17NO. The van der Waals surface area contributed by atoms with Crippen LogP contribution in [0, 0.1) is 0 Å². The number of aromatic nitrogens is 1. The average Bonchev–Trinajstić information content (AvgIpc) is 3.38. The van der Waals surface area contributed by atoms with Crippen LogP contribution in [0.1, 0.15) is 41.6 Å². The molecule has 1 saturated carbocycles. The van der Waals surface area contributed by atoms with Gasteiger partial charge in [0.05, 0.1) is 5.52 Å². The zero-order chi connectivity index (χ0) is 14.2. The Morgan fingerprint density at radius 1 is 0.905 bits per heavy atom. The van der Waals surface area contributed by atoms with Gasteiger partial charge >= 0.3 is 0 Å². The Bertz CT molecular complexity index is 787. The lowest BCUT2D eigenvalue weighted by Crippen LogP contribution is -2.04. The fourth-order valence-electron chi connectivity index (χ4n) is 3.06. The highest BCUT2D eigenvalue weighted by Crippen LogP contribution is 2.44. The van der Waals surface area contributed by atoms with E-state index < -0.39 is 6.10 Å². The van der Waals surface area contributed by atoms with Gasteiger partial charge in [0.15, 0.2) is 0 Å². The lowest BCUT2D eigenvalue weighted by atomic mass is 9.92. The normalized spacial score (nSPS) is 16.0. The van der Waals surface area contributed by atoms with Crippen molar-refractivity contribution in [2.75, 3.05) is 0 Å². The smallest absolute Gasteiger partial charge is 0.105 e. The van der Waals surface area contributed by atoms with Crippen LogP contribution in [0.25, 0.3) is 10.9 Å². The summed E-state index contributed by atoms with van der Waals surface area (Å²) in [6.45, 7) is 0. The number of aliphatic hydroxyl groups excluding tert-OH is 1. The molecule has 1 N–H and O–H groups in total. The van der Waals surface area contributed by atoms with E-state index in [1.165, 1.54) is 18.4 Å². The highest BCUT2D eigenvalue weighted by molar-refractivity contribution is 5.82. The van der Waals surface area contributed by atoms with Gasteiger partial charge < -0.3 is 5.11 Å². The monoisotopic (exact) mass is 275 g/mol. The first-order valence-electron chi connectivity index (χ1n) is 7.45. The third kappa shape index (κ3) is 2.22. The number of hydrogen-bond acceptors (Lipinski definition) is 2. The third-order valence-corrected chi connectivity index (χ3v) is 4.28. The Morgan fingerprint density at radius 2 is 1.71 bits per heavy atom. The van der Waals surface area contributed by atoms with Crippen LogP contribution in [-0.4, -0.2) is 10.1 Å². The summed E-state index contributed by atoms with van der Waals surface area (Å²) in [5.74, 6) is 0.629. The van der Waals surface area contributed by atoms with Crippen LogP contribution in [0.4, 0.5) is 0 Å². The molecule has 0 aliphatic heterocycles. The van der Waals surface area contributed by atoms with Gasteiger partial charge in [0.1, 0.15) is 6.10 Å². The molecule has 3 aromatic rings. The molecule has 0 spiro atoms. The van der Waals surface area contributed by atoms with Gasteiger partial charge in [0, 0.05) is 11.6 Å². The summed E-state index contributed by atoms with van der Waals surface area (Å²) >= 11 is 0. The van der Waals surface area contributed by atoms with Crippen molar-refractivity contribution in [2.24, 2.45) is 0 Å². The predicted octanol–water partition coefficient (Wildman–Crippen LogP) is 4.19. The standard InChI is InChI=1S/C19H17NO/c21-19(16-6-2-1-5-14(16)13-10-11-13)17-7-3-9-18-15(17)8-4-12-20-18/h1-9,12-13,19,21H,10-11H2. The topological polar surface area (TPSA) is 33.1 Å². The first kappa shape index (κ1) is 12.5. The van der Waals surface area contributed by atoms with Gasteiger partial charge in [-0.1, -0.05) is 42.5 Å². The summed E-state index contributed by atoms with van der Waals surface area (Å²) in [7, 11) is 0. The van der Waals surface area contributed by atoms with Crippen molar-refractivity contribution in [3.63, 3.8) is 0 Å². The molecule has 2 heteroatoms. The second-order valence-corrected chi connectivity index (χ2v) is 5.72. The highest BCUT2D eigenvalue weighted by Gasteiger charge is 2.28. The van der Waals surface area contributed by atoms with Gasteiger partial charge in [-0.15, -0.1) is 0 Å². The molecule has 0 amide bonds. The van der Waals surface area contributed by atoms with Crippen molar-refractivity contribution < 1.29 is 5.11 Å². The molecule has 1 fully saturated rings. The molecule has 1 unspecified atom stereocenters. The maximum Gasteiger partial charge on any atom is 0.105 e.